The zero-order chi connectivity index (χ0) is 14.9. The Balaban J connectivity index is 1.94. The molecule has 0 fully saturated rings. The van der Waals surface area contributed by atoms with Crippen LogP contribution in [0, 0.1) is 0 Å². The summed E-state index contributed by atoms with van der Waals surface area (Å²) in [5, 5.41) is 3.43. The molecule has 0 spiro atoms. The summed E-state index contributed by atoms with van der Waals surface area (Å²) >= 11 is 0. The maximum atomic E-state index is 5.64. The molecule has 0 aliphatic heterocycles. The van der Waals surface area contributed by atoms with Crippen molar-refractivity contribution in [3.8, 4) is 5.75 Å². The molecule has 21 heavy (non-hydrogen) atoms. The molecular formula is C18H23NO2. The van der Waals surface area contributed by atoms with E-state index in [9.17, 15) is 0 Å². The molecule has 1 N–H and O–H groups in total. The van der Waals surface area contributed by atoms with Crippen molar-refractivity contribution in [1.29, 1.82) is 0 Å². The number of anilines is 1. The minimum atomic E-state index is 0.647. The Morgan fingerprint density at radius 3 is 2.62 bits per heavy atom. The third-order valence-electron chi connectivity index (χ3n) is 3.11. The number of benzene rings is 2. The molecule has 2 aromatic rings. The Morgan fingerprint density at radius 2 is 1.81 bits per heavy atom. The van der Waals surface area contributed by atoms with E-state index >= 15 is 0 Å². The van der Waals surface area contributed by atoms with E-state index in [-0.39, 0.29) is 0 Å². The van der Waals surface area contributed by atoms with Crippen molar-refractivity contribution in [1.82, 2.24) is 0 Å². The number of hydrogen-bond donors (Lipinski definition) is 1. The van der Waals surface area contributed by atoms with E-state index in [1.54, 1.807) is 7.11 Å². The molecule has 2 aromatic carbocycles. The summed E-state index contributed by atoms with van der Waals surface area (Å²) in [5.74, 6) is 0.912. The van der Waals surface area contributed by atoms with Crippen molar-refractivity contribution in [2.24, 2.45) is 0 Å². The first-order valence-electron chi connectivity index (χ1n) is 7.35. The van der Waals surface area contributed by atoms with Gasteiger partial charge in [0, 0.05) is 25.4 Å². The number of rotatable bonds is 8. The van der Waals surface area contributed by atoms with Gasteiger partial charge < -0.3 is 14.8 Å². The second-order valence-electron chi connectivity index (χ2n) is 4.98. The largest absolute Gasteiger partial charge is 0.494 e. The first kappa shape index (κ1) is 15.4. The van der Waals surface area contributed by atoms with Gasteiger partial charge in [-0.2, -0.15) is 0 Å². The van der Waals surface area contributed by atoms with Crippen LogP contribution in [0.1, 0.15) is 24.5 Å². The van der Waals surface area contributed by atoms with Gasteiger partial charge in [-0.25, -0.2) is 0 Å². The number of ether oxygens (including phenoxy) is 2. The van der Waals surface area contributed by atoms with Crippen molar-refractivity contribution < 1.29 is 9.47 Å². The normalized spacial score (nSPS) is 10.4. The maximum Gasteiger partial charge on any atom is 0.121 e. The van der Waals surface area contributed by atoms with Gasteiger partial charge in [0.25, 0.3) is 0 Å². The van der Waals surface area contributed by atoms with Crippen molar-refractivity contribution in [3.63, 3.8) is 0 Å². The van der Waals surface area contributed by atoms with Crippen LogP contribution in [0.4, 0.5) is 5.69 Å². The summed E-state index contributed by atoms with van der Waals surface area (Å²) in [4.78, 5) is 0. The molecule has 0 radical (unpaired) electrons. The van der Waals surface area contributed by atoms with E-state index in [0.717, 1.165) is 31.0 Å². The molecule has 3 heteroatoms. The second kappa shape index (κ2) is 8.32. The van der Waals surface area contributed by atoms with Crippen LogP contribution >= 0.6 is 0 Å². The lowest BCUT2D eigenvalue weighted by molar-refractivity contribution is 0.185. The molecule has 0 aliphatic carbocycles. The number of hydrogen-bond acceptors (Lipinski definition) is 3. The van der Waals surface area contributed by atoms with Crippen LogP contribution < -0.4 is 10.1 Å². The average molecular weight is 285 g/mol. The van der Waals surface area contributed by atoms with Gasteiger partial charge in [-0.15, -0.1) is 0 Å². The number of methoxy groups -OCH3 is 1. The fraction of sp³-hybridized carbons (Fsp3) is 0.333. The van der Waals surface area contributed by atoms with Crippen LogP contribution in [0.2, 0.25) is 0 Å². The van der Waals surface area contributed by atoms with E-state index in [2.05, 4.69) is 42.6 Å². The van der Waals surface area contributed by atoms with E-state index in [1.165, 1.54) is 11.1 Å². The fourth-order valence-corrected chi connectivity index (χ4v) is 2.12. The molecule has 0 heterocycles. The van der Waals surface area contributed by atoms with Gasteiger partial charge in [-0.1, -0.05) is 37.3 Å². The highest BCUT2D eigenvalue weighted by molar-refractivity contribution is 5.48. The van der Waals surface area contributed by atoms with E-state index in [0.29, 0.717) is 6.61 Å². The van der Waals surface area contributed by atoms with Crippen molar-refractivity contribution in [2.45, 2.75) is 26.5 Å². The highest BCUT2D eigenvalue weighted by Crippen LogP contribution is 2.18. The number of nitrogens with one attached hydrogen (secondary N) is 1. The zero-order valence-corrected chi connectivity index (χ0v) is 12.8. The third kappa shape index (κ3) is 5.12. The van der Waals surface area contributed by atoms with Gasteiger partial charge in [0.2, 0.25) is 0 Å². The summed E-state index contributed by atoms with van der Waals surface area (Å²) in [6, 6.07) is 16.5. The predicted molar refractivity (Wildman–Crippen MR) is 86.7 cm³/mol. The molecule has 2 rings (SSSR count). The first-order valence-corrected chi connectivity index (χ1v) is 7.35. The highest BCUT2D eigenvalue weighted by atomic mass is 16.5. The summed E-state index contributed by atoms with van der Waals surface area (Å²) in [7, 11) is 1.72. The monoisotopic (exact) mass is 285 g/mol. The van der Waals surface area contributed by atoms with Gasteiger partial charge in [-0.3, -0.25) is 0 Å². The van der Waals surface area contributed by atoms with Gasteiger partial charge in [-0.05, 0) is 29.7 Å². The molecule has 0 atom stereocenters. The molecule has 0 saturated carbocycles. The van der Waals surface area contributed by atoms with Gasteiger partial charge >= 0.3 is 0 Å². The molecule has 0 aliphatic rings. The van der Waals surface area contributed by atoms with E-state index < -0.39 is 0 Å². The Hall–Kier alpha value is -2.00. The average Bonchev–Trinajstić information content (AvgIpc) is 2.52. The quantitative estimate of drug-likeness (QED) is 0.787. The Bertz CT molecular complexity index is 554. The fourth-order valence-electron chi connectivity index (χ4n) is 2.12. The topological polar surface area (TPSA) is 30.5 Å². The molecule has 0 unspecified atom stereocenters. The van der Waals surface area contributed by atoms with Crippen LogP contribution in [-0.2, 0) is 17.9 Å². The van der Waals surface area contributed by atoms with E-state index in [4.69, 9.17) is 9.47 Å². The first-order chi connectivity index (χ1) is 10.3. The Morgan fingerprint density at radius 1 is 1.00 bits per heavy atom. The molecule has 0 amide bonds. The van der Waals surface area contributed by atoms with E-state index in [1.807, 2.05) is 18.2 Å². The summed E-state index contributed by atoms with van der Waals surface area (Å²) in [5.41, 5.74) is 3.50. The third-order valence-corrected chi connectivity index (χ3v) is 3.11. The Kier molecular flexibility index (Phi) is 6.10. The smallest absolute Gasteiger partial charge is 0.121 e. The van der Waals surface area contributed by atoms with Gasteiger partial charge in [0.05, 0.1) is 13.2 Å². The Labute approximate surface area is 126 Å². The van der Waals surface area contributed by atoms with Crippen LogP contribution in [0.15, 0.2) is 48.5 Å². The standard InChI is InChI=1S/C18H23NO2/c1-3-10-21-18-9-5-8-17(12-18)19-13-15-6-4-7-16(11-15)14-20-2/h4-9,11-12,19H,3,10,13-14H2,1-2H3. The molecular weight excluding hydrogens is 262 g/mol. The summed E-state index contributed by atoms with van der Waals surface area (Å²) in [6.45, 7) is 4.29. The molecule has 0 saturated heterocycles. The lowest BCUT2D eigenvalue weighted by atomic mass is 10.1. The van der Waals surface area contributed by atoms with Gasteiger partial charge in [0.15, 0.2) is 0 Å². The highest BCUT2D eigenvalue weighted by Gasteiger charge is 1.99. The predicted octanol–water partition coefficient (Wildman–Crippen LogP) is 4.23. The zero-order valence-electron chi connectivity index (χ0n) is 12.8. The van der Waals surface area contributed by atoms with Crippen LogP contribution in [-0.4, -0.2) is 13.7 Å². The van der Waals surface area contributed by atoms with Crippen molar-refractivity contribution in [2.75, 3.05) is 19.0 Å². The lowest BCUT2D eigenvalue weighted by Crippen LogP contribution is -2.01. The van der Waals surface area contributed by atoms with Crippen LogP contribution in [0.5, 0.6) is 5.75 Å². The van der Waals surface area contributed by atoms with Crippen molar-refractivity contribution in [3.05, 3.63) is 59.7 Å². The minimum Gasteiger partial charge on any atom is -0.494 e. The summed E-state index contributed by atoms with van der Waals surface area (Å²) in [6.07, 6.45) is 1.02. The molecule has 0 bridgehead atoms. The summed E-state index contributed by atoms with van der Waals surface area (Å²) < 4.78 is 10.8. The minimum absolute atomic E-state index is 0.647. The molecule has 3 nitrogen and oxygen atoms in total. The van der Waals surface area contributed by atoms with Crippen LogP contribution in [0.25, 0.3) is 0 Å². The molecule has 112 valence electrons. The second-order valence-corrected chi connectivity index (χ2v) is 4.98. The van der Waals surface area contributed by atoms with Crippen molar-refractivity contribution >= 4 is 5.69 Å². The van der Waals surface area contributed by atoms with Crippen LogP contribution in [0.3, 0.4) is 0 Å². The lowest BCUT2D eigenvalue weighted by Gasteiger charge is -2.10. The maximum absolute atomic E-state index is 5.64. The SMILES string of the molecule is CCCOc1cccc(NCc2cccc(COC)c2)c1. The van der Waals surface area contributed by atoms with Gasteiger partial charge in [0.1, 0.15) is 5.75 Å². The molecule has 0 aromatic heterocycles.